The Hall–Kier alpha value is -0.320. The van der Waals surface area contributed by atoms with Gasteiger partial charge in [0.15, 0.2) is 11.6 Å². The Morgan fingerprint density at radius 3 is 1.89 bits per heavy atom. The van der Waals surface area contributed by atoms with Crippen LogP contribution in [0.25, 0.3) is 0 Å². The largest absolute Gasteiger partial charge is 0.381 e. The molecule has 0 saturated carbocycles. The van der Waals surface area contributed by atoms with Crippen molar-refractivity contribution >= 4 is 75.4 Å². The first-order valence-corrected chi connectivity index (χ1v) is 7.90. The van der Waals surface area contributed by atoms with Gasteiger partial charge in [-0.1, -0.05) is 0 Å². The predicted molar refractivity (Wildman–Crippen MR) is 88.8 cm³/mol. The molecule has 0 aliphatic heterocycles. The maximum absolute atomic E-state index is 5.35. The Balaban J connectivity index is 0.000000191. The molecule has 0 aliphatic carbocycles. The highest BCUT2D eigenvalue weighted by Gasteiger charge is 1.99. The van der Waals surface area contributed by atoms with Crippen molar-refractivity contribution < 1.29 is 0 Å². The molecule has 2 rings (SSSR count). The average molecular weight is 520 g/mol. The van der Waals surface area contributed by atoms with Gasteiger partial charge in [0.05, 0.1) is 12.4 Å². The van der Waals surface area contributed by atoms with Gasteiger partial charge >= 0.3 is 0 Å². The van der Waals surface area contributed by atoms with E-state index in [1.54, 1.807) is 19.4 Å². The Bertz CT molecular complexity index is 564. The fourth-order valence-electron chi connectivity index (χ4n) is 0.870. The summed E-state index contributed by atoms with van der Waals surface area (Å²) in [5.41, 5.74) is 5.35. The molecule has 0 saturated heterocycles. The number of anilines is 2. The van der Waals surface area contributed by atoms with Gasteiger partial charge < -0.3 is 11.1 Å². The van der Waals surface area contributed by atoms with Crippen LogP contribution in [0.15, 0.2) is 30.8 Å². The summed E-state index contributed by atoms with van der Waals surface area (Å²) < 4.78 is 2.67. The van der Waals surface area contributed by atoms with Gasteiger partial charge in [0, 0.05) is 7.05 Å². The van der Waals surface area contributed by atoms with Crippen molar-refractivity contribution in [3.05, 3.63) is 30.8 Å². The number of nitrogen functional groups attached to an aromatic ring is 1. The predicted octanol–water partition coefficient (Wildman–Crippen LogP) is 3.63. The summed E-state index contributed by atoms with van der Waals surface area (Å²) in [7, 11) is 1.79. The molecule has 0 atom stereocenters. The highest BCUT2D eigenvalue weighted by Crippen LogP contribution is 2.18. The summed E-state index contributed by atoms with van der Waals surface area (Å²) in [6, 6.07) is 0. The molecule has 0 spiro atoms. The van der Waals surface area contributed by atoms with Crippen LogP contribution in [0.2, 0.25) is 0 Å². The van der Waals surface area contributed by atoms with Crippen LogP contribution in [-0.4, -0.2) is 27.0 Å². The number of halogens is 4. The average Bonchev–Trinajstić information content (AvgIpc) is 2.35. The zero-order chi connectivity index (χ0) is 14.4. The fraction of sp³-hybridized carbons (Fsp3) is 0.111. The fourth-order valence-corrected chi connectivity index (χ4v) is 2.69. The monoisotopic (exact) mass is 516 g/mol. The van der Waals surface area contributed by atoms with E-state index >= 15 is 0 Å². The summed E-state index contributed by atoms with van der Waals surface area (Å²) in [5.74, 6) is 1.14. The molecule has 102 valence electrons. The minimum absolute atomic E-state index is 0.401. The van der Waals surface area contributed by atoms with E-state index in [9.17, 15) is 0 Å². The maximum atomic E-state index is 5.35. The molecule has 0 unspecified atom stereocenters. The third kappa shape index (κ3) is 5.67. The van der Waals surface area contributed by atoms with Crippen LogP contribution in [0.5, 0.6) is 0 Å². The molecule has 0 aromatic carbocycles. The summed E-state index contributed by atoms with van der Waals surface area (Å²) in [6.07, 6.45) is 3.18. The minimum atomic E-state index is 0.401. The molecule has 0 amide bonds. The van der Waals surface area contributed by atoms with E-state index in [1.807, 2.05) is 0 Å². The third-order valence-corrected chi connectivity index (χ3v) is 3.56. The number of hydrogen-bond acceptors (Lipinski definition) is 6. The van der Waals surface area contributed by atoms with Crippen molar-refractivity contribution in [3.63, 3.8) is 0 Å². The standard InChI is InChI=1S/C5H5Br2N3.C4H3Br2N3/c1-8-5-4(7)10-3(6)2-9-5;5-2-1-8-4(7)3(6)9-2/h2H,1H3,(H,8,9);1H,(H2,7,8). The quantitative estimate of drug-likeness (QED) is 0.598. The normalized spacial score (nSPS) is 9.53. The van der Waals surface area contributed by atoms with Gasteiger partial charge in [-0.2, -0.15) is 0 Å². The number of nitrogens with zero attached hydrogens (tertiary/aromatic N) is 4. The number of nitrogens with one attached hydrogen (secondary N) is 1. The van der Waals surface area contributed by atoms with Crippen molar-refractivity contribution in [1.29, 1.82) is 0 Å². The number of aromatic nitrogens is 4. The van der Waals surface area contributed by atoms with Gasteiger partial charge in [-0.25, -0.2) is 19.9 Å². The smallest absolute Gasteiger partial charge is 0.159 e. The van der Waals surface area contributed by atoms with E-state index in [0.717, 1.165) is 10.4 Å². The van der Waals surface area contributed by atoms with Gasteiger partial charge in [-0.3, -0.25) is 0 Å². The lowest BCUT2D eigenvalue weighted by atomic mass is 10.7. The van der Waals surface area contributed by atoms with E-state index < -0.39 is 0 Å². The van der Waals surface area contributed by atoms with E-state index in [1.165, 1.54) is 0 Å². The van der Waals surface area contributed by atoms with Crippen molar-refractivity contribution in [1.82, 2.24) is 19.9 Å². The van der Waals surface area contributed by atoms with Crippen LogP contribution < -0.4 is 11.1 Å². The van der Waals surface area contributed by atoms with Crippen LogP contribution in [0.3, 0.4) is 0 Å². The second-order valence-electron chi connectivity index (χ2n) is 2.95. The zero-order valence-corrected chi connectivity index (χ0v) is 15.9. The molecule has 2 aromatic heterocycles. The third-order valence-electron chi connectivity index (χ3n) is 1.66. The summed E-state index contributed by atoms with van der Waals surface area (Å²) in [6.45, 7) is 0. The second-order valence-corrected chi connectivity index (χ2v) is 6.08. The van der Waals surface area contributed by atoms with Crippen LogP contribution in [-0.2, 0) is 0 Å². The zero-order valence-electron chi connectivity index (χ0n) is 9.53. The van der Waals surface area contributed by atoms with Crippen molar-refractivity contribution in [2.75, 3.05) is 18.1 Å². The summed E-state index contributed by atoms with van der Waals surface area (Å²) in [4.78, 5) is 15.8. The van der Waals surface area contributed by atoms with Crippen molar-refractivity contribution in [2.45, 2.75) is 0 Å². The van der Waals surface area contributed by atoms with E-state index in [-0.39, 0.29) is 0 Å². The van der Waals surface area contributed by atoms with Crippen molar-refractivity contribution in [2.24, 2.45) is 0 Å². The van der Waals surface area contributed by atoms with Crippen LogP contribution in [0.4, 0.5) is 11.6 Å². The van der Waals surface area contributed by atoms with Gasteiger partial charge in [0.1, 0.15) is 18.4 Å². The highest BCUT2D eigenvalue weighted by atomic mass is 79.9. The first kappa shape index (κ1) is 16.7. The van der Waals surface area contributed by atoms with Gasteiger partial charge in [0.2, 0.25) is 0 Å². The Labute approximate surface area is 143 Å². The van der Waals surface area contributed by atoms with Crippen LogP contribution in [0.1, 0.15) is 0 Å². The summed E-state index contributed by atoms with van der Waals surface area (Å²) >= 11 is 12.7. The summed E-state index contributed by atoms with van der Waals surface area (Å²) in [5, 5.41) is 2.88. The molecule has 2 aromatic rings. The first-order valence-electron chi connectivity index (χ1n) is 4.73. The molecule has 19 heavy (non-hydrogen) atoms. The lowest BCUT2D eigenvalue weighted by molar-refractivity contribution is 1.12. The topological polar surface area (TPSA) is 89.6 Å². The molecule has 6 nitrogen and oxygen atoms in total. The SMILES string of the molecule is CNc1ncc(Br)nc1Br.Nc1ncc(Br)nc1Br. The molecule has 10 heteroatoms. The van der Waals surface area contributed by atoms with Crippen LogP contribution in [0, 0.1) is 0 Å². The lowest BCUT2D eigenvalue weighted by Crippen LogP contribution is -1.94. The molecule has 0 aliphatic rings. The molecular weight excluding hydrogens is 512 g/mol. The number of nitrogens with two attached hydrogens (primary N) is 1. The molecule has 0 bridgehead atoms. The molecule has 3 N–H and O–H groups in total. The van der Waals surface area contributed by atoms with Crippen LogP contribution >= 0.6 is 63.7 Å². The Morgan fingerprint density at radius 1 is 0.947 bits per heavy atom. The maximum Gasteiger partial charge on any atom is 0.159 e. The Morgan fingerprint density at radius 2 is 1.47 bits per heavy atom. The number of rotatable bonds is 1. The molecular formula is C9H8Br4N6. The minimum Gasteiger partial charge on any atom is -0.381 e. The molecule has 0 fully saturated rings. The van der Waals surface area contributed by atoms with E-state index in [4.69, 9.17) is 5.73 Å². The molecule has 0 radical (unpaired) electrons. The second kappa shape index (κ2) is 8.08. The molecule has 2 heterocycles. The first-order chi connectivity index (χ1) is 8.93. The Kier molecular flexibility index (Phi) is 7.11. The van der Waals surface area contributed by atoms with Gasteiger partial charge in [-0.05, 0) is 63.7 Å². The van der Waals surface area contributed by atoms with E-state index in [0.29, 0.717) is 19.6 Å². The van der Waals surface area contributed by atoms with Crippen molar-refractivity contribution in [3.8, 4) is 0 Å². The van der Waals surface area contributed by atoms with Gasteiger partial charge in [-0.15, -0.1) is 0 Å². The highest BCUT2D eigenvalue weighted by molar-refractivity contribution is 9.11. The number of hydrogen-bond donors (Lipinski definition) is 2. The lowest BCUT2D eigenvalue weighted by Gasteiger charge is -1.99. The van der Waals surface area contributed by atoms with Gasteiger partial charge in [0.25, 0.3) is 0 Å². The van der Waals surface area contributed by atoms with E-state index in [2.05, 4.69) is 89.0 Å².